The monoisotopic (exact) mass is 303 g/mol. The highest BCUT2D eigenvalue weighted by atomic mass is 32.2. The minimum Gasteiger partial charge on any atom is -0.497 e. The van der Waals surface area contributed by atoms with Crippen LogP contribution in [-0.4, -0.2) is 40.9 Å². The van der Waals surface area contributed by atoms with Gasteiger partial charge in [-0.2, -0.15) is 0 Å². The predicted molar refractivity (Wildman–Crippen MR) is 75.6 cm³/mol. The van der Waals surface area contributed by atoms with E-state index in [2.05, 4.69) is 4.72 Å². The molecule has 0 aliphatic carbocycles. The second-order valence-electron chi connectivity index (χ2n) is 4.49. The number of sulfonamides is 1. The van der Waals surface area contributed by atoms with Gasteiger partial charge < -0.3 is 14.6 Å². The molecule has 0 fully saturated rings. The highest BCUT2D eigenvalue weighted by molar-refractivity contribution is 7.89. The molecule has 114 valence electrons. The summed E-state index contributed by atoms with van der Waals surface area (Å²) in [6, 6.07) is 4.59. The summed E-state index contributed by atoms with van der Waals surface area (Å²) in [5, 5.41) is 8.82. The maximum atomic E-state index is 12.3. The van der Waals surface area contributed by atoms with Crippen LogP contribution in [0.15, 0.2) is 23.1 Å². The number of ether oxygens (including phenoxy) is 2. The molecule has 1 unspecified atom stereocenters. The summed E-state index contributed by atoms with van der Waals surface area (Å²) in [6.07, 6.45) is 0.539. The molecule has 0 aliphatic heterocycles. The maximum Gasteiger partial charge on any atom is 0.244 e. The number of methoxy groups -OCH3 is 2. The molecule has 1 atom stereocenters. The van der Waals surface area contributed by atoms with Crippen LogP contribution in [0.2, 0.25) is 0 Å². The first-order chi connectivity index (χ1) is 9.44. The number of nitrogens with one attached hydrogen (secondary N) is 1. The Labute approximate surface area is 119 Å². The van der Waals surface area contributed by atoms with E-state index in [1.165, 1.54) is 20.3 Å². The number of aliphatic hydroxyl groups is 1. The lowest BCUT2D eigenvalue weighted by atomic mass is 10.1. The molecule has 1 rings (SSSR count). The van der Waals surface area contributed by atoms with Gasteiger partial charge in [0, 0.05) is 19.2 Å². The smallest absolute Gasteiger partial charge is 0.244 e. The van der Waals surface area contributed by atoms with Crippen molar-refractivity contribution < 1.29 is 23.0 Å². The molecule has 7 heteroatoms. The fourth-order valence-corrected chi connectivity index (χ4v) is 2.99. The van der Waals surface area contributed by atoms with Gasteiger partial charge in [-0.05, 0) is 24.5 Å². The first-order valence-electron chi connectivity index (χ1n) is 6.27. The number of benzene rings is 1. The molecular formula is C13H21NO5S. The Hall–Kier alpha value is -1.31. The Morgan fingerprint density at radius 1 is 1.30 bits per heavy atom. The first kappa shape index (κ1) is 16.7. The standard InChI is InChI=1S/C13H21NO5S/c1-10(6-7-15)9-14-20(16,17)13-8-11(18-2)4-5-12(13)19-3/h4-5,8,10,14-15H,6-7,9H2,1-3H3. The zero-order valence-corrected chi connectivity index (χ0v) is 12.7. The van der Waals surface area contributed by atoms with Gasteiger partial charge in [0.25, 0.3) is 0 Å². The molecule has 1 aromatic carbocycles. The van der Waals surface area contributed by atoms with Gasteiger partial charge in [0.1, 0.15) is 16.4 Å². The molecule has 0 saturated carbocycles. The molecule has 6 nitrogen and oxygen atoms in total. The van der Waals surface area contributed by atoms with Crippen molar-refractivity contribution >= 4 is 10.0 Å². The fourth-order valence-electron chi connectivity index (χ4n) is 1.65. The zero-order chi connectivity index (χ0) is 15.2. The van der Waals surface area contributed by atoms with E-state index in [9.17, 15) is 8.42 Å². The number of aliphatic hydroxyl groups excluding tert-OH is 1. The lowest BCUT2D eigenvalue weighted by Crippen LogP contribution is -2.29. The van der Waals surface area contributed by atoms with E-state index < -0.39 is 10.0 Å². The minimum absolute atomic E-state index is 0.0331. The Morgan fingerprint density at radius 3 is 2.55 bits per heavy atom. The average molecular weight is 303 g/mol. The van der Waals surface area contributed by atoms with E-state index in [1.54, 1.807) is 12.1 Å². The molecule has 0 heterocycles. The van der Waals surface area contributed by atoms with Crippen LogP contribution in [0.5, 0.6) is 11.5 Å². The van der Waals surface area contributed by atoms with Gasteiger partial charge in [-0.15, -0.1) is 0 Å². The van der Waals surface area contributed by atoms with Gasteiger partial charge in [0.15, 0.2) is 0 Å². The SMILES string of the molecule is COc1ccc(OC)c(S(=O)(=O)NCC(C)CCO)c1. The molecule has 20 heavy (non-hydrogen) atoms. The second kappa shape index (κ2) is 7.47. The molecular weight excluding hydrogens is 282 g/mol. The van der Waals surface area contributed by atoms with E-state index in [-0.39, 0.29) is 29.7 Å². The van der Waals surface area contributed by atoms with Gasteiger partial charge in [-0.25, -0.2) is 13.1 Å². The summed E-state index contributed by atoms with van der Waals surface area (Å²) in [5.74, 6) is 0.745. The second-order valence-corrected chi connectivity index (χ2v) is 6.22. The summed E-state index contributed by atoms with van der Waals surface area (Å²) in [7, 11) is -0.806. The molecule has 0 bridgehead atoms. The zero-order valence-electron chi connectivity index (χ0n) is 11.9. The number of hydrogen-bond acceptors (Lipinski definition) is 5. The van der Waals surface area contributed by atoms with Crippen molar-refractivity contribution in [1.82, 2.24) is 4.72 Å². The normalized spacial score (nSPS) is 13.0. The number of hydrogen-bond donors (Lipinski definition) is 2. The van der Waals surface area contributed by atoms with Crippen LogP contribution in [-0.2, 0) is 10.0 Å². The van der Waals surface area contributed by atoms with E-state index >= 15 is 0 Å². The van der Waals surface area contributed by atoms with Crippen molar-refractivity contribution in [3.8, 4) is 11.5 Å². The highest BCUT2D eigenvalue weighted by Crippen LogP contribution is 2.28. The Morgan fingerprint density at radius 2 is 2.00 bits per heavy atom. The molecule has 0 spiro atoms. The van der Waals surface area contributed by atoms with Crippen molar-refractivity contribution in [2.24, 2.45) is 5.92 Å². The van der Waals surface area contributed by atoms with Gasteiger partial charge >= 0.3 is 0 Å². The van der Waals surface area contributed by atoms with Crippen LogP contribution in [0.3, 0.4) is 0 Å². The first-order valence-corrected chi connectivity index (χ1v) is 7.75. The summed E-state index contributed by atoms with van der Waals surface area (Å²) < 4.78 is 37.2. The third kappa shape index (κ3) is 4.36. The van der Waals surface area contributed by atoms with Crippen molar-refractivity contribution in [2.75, 3.05) is 27.4 Å². The van der Waals surface area contributed by atoms with Crippen molar-refractivity contribution in [3.05, 3.63) is 18.2 Å². The summed E-state index contributed by atoms with van der Waals surface area (Å²) >= 11 is 0. The largest absolute Gasteiger partial charge is 0.497 e. The Bertz CT molecular complexity index is 530. The van der Waals surface area contributed by atoms with Crippen LogP contribution in [0, 0.1) is 5.92 Å². The van der Waals surface area contributed by atoms with E-state index in [0.29, 0.717) is 12.2 Å². The van der Waals surface area contributed by atoms with Gasteiger partial charge in [0.05, 0.1) is 14.2 Å². The van der Waals surface area contributed by atoms with E-state index in [4.69, 9.17) is 14.6 Å². The van der Waals surface area contributed by atoms with Gasteiger partial charge in [0.2, 0.25) is 10.0 Å². The Balaban J connectivity index is 2.96. The molecule has 0 amide bonds. The summed E-state index contributed by atoms with van der Waals surface area (Å²) in [5.41, 5.74) is 0. The van der Waals surface area contributed by atoms with Gasteiger partial charge in [-0.1, -0.05) is 6.92 Å². The molecule has 2 N–H and O–H groups in total. The number of rotatable bonds is 8. The van der Waals surface area contributed by atoms with Crippen LogP contribution in [0.25, 0.3) is 0 Å². The lowest BCUT2D eigenvalue weighted by Gasteiger charge is -2.14. The molecule has 1 aromatic rings. The summed E-state index contributed by atoms with van der Waals surface area (Å²) in [6.45, 7) is 2.15. The topological polar surface area (TPSA) is 84.9 Å². The minimum atomic E-state index is -3.69. The van der Waals surface area contributed by atoms with Crippen molar-refractivity contribution in [2.45, 2.75) is 18.2 Å². The van der Waals surface area contributed by atoms with Gasteiger partial charge in [-0.3, -0.25) is 0 Å². The summed E-state index contributed by atoms with van der Waals surface area (Å²) in [4.78, 5) is 0.0375. The van der Waals surface area contributed by atoms with E-state index in [0.717, 1.165) is 0 Å². The maximum absolute atomic E-state index is 12.3. The quantitative estimate of drug-likeness (QED) is 0.748. The van der Waals surface area contributed by atoms with Crippen LogP contribution < -0.4 is 14.2 Å². The highest BCUT2D eigenvalue weighted by Gasteiger charge is 2.21. The molecule has 0 aliphatic rings. The fraction of sp³-hybridized carbons (Fsp3) is 0.538. The van der Waals surface area contributed by atoms with Crippen LogP contribution in [0.4, 0.5) is 0 Å². The Kier molecular flexibility index (Phi) is 6.25. The third-order valence-corrected chi connectivity index (χ3v) is 4.35. The average Bonchev–Trinajstić information content (AvgIpc) is 2.45. The molecule has 0 aromatic heterocycles. The van der Waals surface area contributed by atoms with Crippen LogP contribution >= 0.6 is 0 Å². The van der Waals surface area contributed by atoms with Crippen molar-refractivity contribution in [1.29, 1.82) is 0 Å². The van der Waals surface area contributed by atoms with E-state index in [1.807, 2.05) is 6.92 Å². The van der Waals surface area contributed by atoms with Crippen molar-refractivity contribution in [3.63, 3.8) is 0 Å². The molecule has 0 saturated heterocycles. The van der Waals surface area contributed by atoms with Crippen LogP contribution in [0.1, 0.15) is 13.3 Å². The third-order valence-electron chi connectivity index (χ3n) is 2.90. The molecule has 0 radical (unpaired) electrons. The predicted octanol–water partition coefficient (Wildman–Crippen LogP) is 1.00. The lowest BCUT2D eigenvalue weighted by molar-refractivity contribution is 0.263.